The lowest BCUT2D eigenvalue weighted by Crippen LogP contribution is -2.58. The number of para-hydroxylation sites is 1. The number of carbonyl (C=O) groups excluding carboxylic acids is 4. The van der Waals surface area contributed by atoms with E-state index in [0.717, 1.165) is 43.8 Å². The van der Waals surface area contributed by atoms with Gasteiger partial charge in [0.15, 0.2) is 0 Å². The molecular formula is C46H60N8O8S2. The molecule has 0 bridgehead atoms. The molecule has 2 aliphatic heterocycles. The highest BCUT2D eigenvalue weighted by Gasteiger charge is 2.62. The van der Waals surface area contributed by atoms with Crippen LogP contribution in [0.2, 0.25) is 0 Å². The third-order valence-electron chi connectivity index (χ3n) is 11.9. The number of amides is 4. The Bertz CT molecular complexity index is 2530. The van der Waals surface area contributed by atoms with Crippen LogP contribution in [0.4, 0.5) is 4.79 Å². The number of hydrogen-bond donors (Lipinski definition) is 3. The van der Waals surface area contributed by atoms with E-state index in [1.807, 2.05) is 67.0 Å². The Morgan fingerprint density at radius 1 is 1.05 bits per heavy atom. The first kappa shape index (κ1) is 46.7. The number of nitrogens with zero attached hydrogens (tertiary/aromatic N) is 5. The molecule has 5 atom stereocenters. The van der Waals surface area contributed by atoms with Crippen LogP contribution in [0.25, 0.3) is 21.6 Å². The maximum absolute atomic E-state index is 14.8. The zero-order valence-corrected chi connectivity index (χ0v) is 39.5. The first-order chi connectivity index (χ1) is 30.3. The highest BCUT2D eigenvalue weighted by atomic mass is 32.2. The summed E-state index contributed by atoms with van der Waals surface area (Å²) >= 11 is 1.61. The highest BCUT2D eigenvalue weighted by Crippen LogP contribution is 2.46. The number of alkyl carbamates (subject to hydrolysis) is 1. The molecule has 0 spiro atoms. The number of thiazole rings is 1. The van der Waals surface area contributed by atoms with Crippen LogP contribution in [0.1, 0.15) is 102 Å². The maximum atomic E-state index is 14.8. The van der Waals surface area contributed by atoms with Crippen LogP contribution in [-0.4, -0.2) is 106 Å². The molecule has 2 aromatic heterocycles. The topological polar surface area (TPSA) is 194 Å². The summed E-state index contributed by atoms with van der Waals surface area (Å²) in [5.74, 6) is -2.50. The number of aromatic nitrogens is 3. The van der Waals surface area contributed by atoms with Crippen molar-refractivity contribution in [1.29, 1.82) is 0 Å². The maximum Gasteiger partial charge on any atom is 0.408 e. The van der Waals surface area contributed by atoms with E-state index in [-0.39, 0.29) is 25.4 Å². The van der Waals surface area contributed by atoms with E-state index >= 15 is 0 Å². The molecule has 1 aliphatic carbocycles. The Balaban J connectivity index is 1.22. The van der Waals surface area contributed by atoms with E-state index < -0.39 is 69.3 Å². The number of benzene rings is 2. The van der Waals surface area contributed by atoms with Crippen LogP contribution in [-0.2, 0) is 35.8 Å². The van der Waals surface area contributed by atoms with Crippen LogP contribution in [0.5, 0.6) is 6.01 Å². The summed E-state index contributed by atoms with van der Waals surface area (Å²) in [5, 5.41) is 6.49. The molecule has 18 heteroatoms. The number of allylic oxidation sites excluding steroid dienone is 1. The van der Waals surface area contributed by atoms with E-state index in [1.54, 1.807) is 32.1 Å². The Kier molecular flexibility index (Phi) is 13.6. The molecular weight excluding hydrogens is 857 g/mol. The number of carbonyl (C=O) groups is 4. The van der Waals surface area contributed by atoms with Crippen LogP contribution >= 0.6 is 11.3 Å². The number of nitrogens with one attached hydrogen (secondary N) is 3. The number of imidazole rings is 1. The molecule has 2 fully saturated rings. The first-order valence-corrected chi connectivity index (χ1v) is 24.2. The Morgan fingerprint density at radius 2 is 1.80 bits per heavy atom. The third-order valence-corrected chi connectivity index (χ3v) is 14.3. The zero-order valence-electron chi connectivity index (χ0n) is 37.8. The molecule has 0 radical (unpaired) electrons. The SMILES string of the molecule is Cc1sc(-c2cccc3c2nc(O[C@@H]2C[C@H]4C(=O)N[C@]5(C(=O)NS(=O)(=O)N(C)C)C[C@H]5/C=C\CCCCC[C@H](NC(=O)OC(C)(C)C)C(=O)N4C2)n3C(C)C)nc1Cc1ccccc1. The quantitative estimate of drug-likeness (QED) is 0.154. The van der Waals surface area contributed by atoms with Crippen molar-refractivity contribution >= 4 is 56.4 Å². The van der Waals surface area contributed by atoms with Crippen LogP contribution < -0.4 is 20.1 Å². The van der Waals surface area contributed by atoms with Gasteiger partial charge in [0, 0.05) is 49.3 Å². The van der Waals surface area contributed by atoms with Gasteiger partial charge in [-0.1, -0.05) is 61.4 Å². The molecule has 3 N–H and O–H groups in total. The van der Waals surface area contributed by atoms with E-state index in [0.29, 0.717) is 37.2 Å². The van der Waals surface area contributed by atoms with Gasteiger partial charge in [-0.25, -0.2) is 14.5 Å². The van der Waals surface area contributed by atoms with Gasteiger partial charge in [0.05, 0.1) is 17.8 Å². The van der Waals surface area contributed by atoms with Gasteiger partial charge in [0.25, 0.3) is 11.9 Å². The van der Waals surface area contributed by atoms with Crippen molar-refractivity contribution in [2.45, 2.75) is 128 Å². The fraction of sp³-hybridized carbons (Fsp3) is 0.522. The van der Waals surface area contributed by atoms with Crippen molar-refractivity contribution in [1.82, 2.24) is 39.1 Å². The fourth-order valence-corrected chi connectivity index (χ4v) is 9.97. The van der Waals surface area contributed by atoms with Crippen LogP contribution in [0.3, 0.4) is 0 Å². The predicted molar refractivity (Wildman–Crippen MR) is 245 cm³/mol. The largest absolute Gasteiger partial charge is 0.459 e. The van der Waals surface area contributed by atoms with Gasteiger partial charge in [0.2, 0.25) is 11.8 Å². The number of ether oxygens (including phenoxy) is 2. The molecule has 0 unspecified atom stereocenters. The average molecular weight is 917 g/mol. The third kappa shape index (κ3) is 10.3. The minimum absolute atomic E-state index is 0.0214. The monoisotopic (exact) mass is 916 g/mol. The normalized spacial score (nSPS) is 23.8. The number of aryl methyl sites for hydroxylation is 1. The lowest BCUT2D eigenvalue weighted by atomic mass is 10.0. The van der Waals surface area contributed by atoms with E-state index in [9.17, 15) is 27.6 Å². The number of hydrogen-bond acceptors (Lipinski definition) is 11. The standard InChI is InChI=1S/C46H60N8O8S2/c1-28(2)54-36-23-17-21-33(40-47-35(29(3)63-40)24-30-18-13-12-14-19-30)38(36)49-43(54)61-32-25-37-39(55)50-46(42(57)51-64(59,60)52(7)8)26-31(46)20-15-10-9-11-16-22-34(41(56)53(37)27-32)48-44(58)62-45(4,5)6/h12-15,17-21,23,28,31-32,34,37H,9-11,16,22,24-27H2,1-8H3,(H,48,58)(H,50,55)(H,51,57)/b20-15-/t31-,32-,34+,37+,46-/m1/s1. The van der Waals surface area contributed by atoms with E-state index in [2.05, 4.69) is 34.4 Å². The molecule has 344 valence electrons. The van der Waals surface area contributed by atoms with Crippen molar-refractivity contribution in [2.75, 3.05) is 20.6 Å². The second kappa shape index (κ2) is 18.6. The van der Waals surface area contributed by atoms with Gasteiger partial charge in [-0.15, -0.1) is 11.3 Å². The van der Waals surface area contributed by atoms with Gasteiger partial charge in [-0.3, -0.25) is 19.0 Å². The van der Waals surface area contributed by atoms with Crippen molar-refractivity contribution in [2.24, 2.45) is 5.92 Å². The molecule has 3 aliphatic rings. The molecule has 4 aromatic rings. The van der Waals surface area contributed by atoms with Gasteiger partial charge >= 0.3 is 16.3 Å². The first-order valence-electron chi connectivity index (χ1n) is 22.0. The number of fused-ring (bicyclic) bond motifs is 3. The van der Waals surface area contributed by atoms with E-state index in [1.165, 1.54) is 24.6 Å². The molecule has 1 saturated carbocycles. The van der Waals surface area contributed by atoms with Crippen molar-refractivity contribution in [3.05, 3.63) is 76.8 Å². The smallest absolute Gasteiger partial charge is 0.408 e. The molecule has 1 saturated heterocycles. The minimum atomic E-state index is -4.19. The lowest BCUT2D eigenvalue weighted by Gasteiger charge is -2.30. The molecule has 16 nitrogen and oxygen atoms in total. The van der Waals surface area contributed by atoms with E-state index in [4.69, 9.17) is 19.4 Å². The van der Waals surface area contributed by atoms with Gasteiger partial charge in [-0.05, 0) is 84.9 Å². The van der Waals surface area contributed by atoms with Crippen LogP contribution in [0.15, 0.2) is 60.7 Å². The summed E-state index contributed by atoms with van der Waals surface area (Å²) < 4.78 is 43.0. The van der Waals surface area contributed by atoms with Crippen molar-refractivity contribution < 1.29 is 37.1 Å². The Hall–Kier alpha value is -5.33. The molecule has 4 amide bonds. The Morgan fingerprint density at radius 3 is 2.50 bits per heavy atom. The zero-order chi connectivity index (χ0) is 46.1. The second-order valence-corrected chi connectivity index (χ2v) is 21.5. The summed E-state index contributed by atoms with van der Waals surface area (Å²) in [6.07, 6.45) is 6.26. The molecule has 2 aromatic carbocycles. The van der Waals surface area contributed by atoms with Crippen LogP contribution in [0, 0.1) is 12.8 Å². The fourth-order valence-electron chi connectivity index (χ4n) is 8.41. The van der Waals surface area contributed by atoms with Gasteiger partial charge in [-0.2, -0.15) is 17.7 Å². The molecule has 7 rings (SSSR count). The number of rotatable bonds is 10. The van der Waals surface area contributed by atoms with Gasteiger partial charge < -0.3 is 25.0 Å². The van der Waals surface area contributed by atoms with Crippen molar-refractivity contribution in [3.63, 3.8) is 0 Å². The highest BCUT2D eigenvalue weighted by molar-refractivity contribution is 7.87. The summed E-state index contributed by atoms with van der Waals surface area (Å²) in [5.41, 5.74) is 2.14. The predicted octanol–water partition coefficient (Wildman–Crippen LogP) is 6.20. The van der Waals surface area contributed by atoms with Crippen molar-refractivity contribution in [3.8, 4) is 16.6 Å². The average Bonchev–Trinajstić information content (AvgIpc) is 3.45. The second-order valence-electron chi connectivity index (χ2n) is 18.5. The lowest BCUT2D eigenvalue weighted by molar-refractivity contribution is -0.141. The summed E-state index contributed by atoms with van der Waals surface area (Å²) in [7, 11) is -1.59. The minimum Gasteiger partial charge on any atom is -0.459 e. The molecule has 64 heavy (non-hydrogen) atoms. The summed E-state index contributed by atoms with van der Waals surface area (Å²) in [6.45, 7) is 11.3. The molecule has 4 heterocycles. The van der Waals surface area contributed by atoms with Gasteiger partial charge in [0.1, 0.15) is 39.9 Å². The summed E-state index contributed by atoms with van der Waals surface area (Å²) in [6, 6.07) is 14.2. The Labute approximate surface area is 379 Å². The summed E-state index contributed by atoms with van der Waals surface area (Å²) in [4.78, 5) is 69.1.